The van der Waals surface area contributed by atoms with Crippen LogP contribution in [0.4, 0.5) is 5.13 Å². The summed E-state index contributed by atoms with van der Waals surface area (Å²) < 4.78 is 5.11. The summed E-state index contributed by atoms with van der Waals surface area (Å²) >= 11 is 1.84. The van der Waals surface area contributed by atoms with Crippen molar-refractivity contribution in [3.05, 3.63) is 10.6 Å². The number of hydrogen-bond acceptors (Lipinski definition) is 5. The summed E-state index contributed by atoms with van der Waals surface area (Å²) in [6.07, 6.45) is 3.71. The van der Waals surface area contributed by atoms with Gasteiger partial charge in [0.05, 0.1) is 5.69 Å². The molecule has 114 valence electrons. The summed E-state index contributed by atoms with van der Waals surface area (Å²) in [4.78, 5) is 8.50. The Hall–Kier alpha value is -0.650. The van der Waals surface area contributed by atoms with E-state index in [0.717, 1.165) is 37.3 Å². The predicted molar refractivity (Wildman–Crippen MR) is 85.8 cm³/mol. The van der Waals surface area contributed by atoms with E-state index < -0.39 is 0 Å². The molecular weight excluding hydrogens is 270 g/mol. The Morgan fingerprint density at radius 3 is 2.80 bits per heavy atom. The fraction of sp³-hybridized carbons (Fsp3) is 0.800. The van der Waals surface area contributed by atoms with Gasteiger partial charge in [0.2, 0.25) is 0 Å². The van der Waals surface area contributed by atoms with Crippen LogP contribution in [0.25, 0.3) is 0 Å². The van der Waals surface area contributed by atoms with Crippen molar-refractivity contribution < 1.29 is 4.74 Å². The van der Waals surface area contributed by atoms with Gasteiger partial charge in [-0.3, -0.25) is 0 Å². The first-order valence-corrected chi connectivity index (χ1v) is 8.36. The van der Waals surface area contributed by atoms with Crippen molar-refractivity contribution in [2.24, 2.45) is 0 Å². The molecule has 0 bridgehead atoms. The lowest BCUT2D eigenvalue weighted by molar-refractivity contribution is 0.196. The van der Waals surface area contributed by atoms with Crippen LogP contribution < -0.4 is 10.2 Å². The standard InChI is InChI=1S/C15H27N3OS/c1-11(2)14-13(10-16-12-6-7-12)20-15(17-14)18(3)8-5-9-19-4/h11-12,16H,5-10H2,1-4H3. The number of nitrogens with zero attached hydrogens (tertiary/aromatic N) is 2. The van der Waals surface area contributed by atoms with Crippen LogP contribution in [-0.4, -0.2) is 38.3 Å². The molecule has 1 aliphatic rings. The molecule has 1 N–H and O–H groups in total. The summed E-state index contributed by atoms with van der Waals surface area (Å²) in [5.74, 6) is 0.489. The van der Waals surface area contributed by atoms with E-state index in [4.69, 9.17) is 9.72 Å². The fourth-order valence-corrected chi connectivity index (χ4v) is 3.31. The molecule has 0 spiro atoms. The van der Waals surface area contributed by atoms with Crippen LogP contribution in [0.5, 0.6) is 0 Å². The van der Waals surface area contributed by atoms with Gasteiger partial charge in [-0.15, -0.1) is 11.3 Å². The van der Waals surface area contributed by atoms with Crippen LogP contribution in [-0.2, 0) is 11.3 Å². The van der Waals surface area contributed by atoms with Gasteiger partial charge in [-0.2, -0.15) is 0 Å². The Balaban J connectivity index is 1.98. The molecule has 0 unspecified atom stereocenters. The monoisotopic (exact) mass is 297 g/mol. The Labute approximate surface area is 126 Å². The highest BCUT2D eigenvalue weighted by Crippen LogP contribution is 2.31. The molecular formula is C15H27N3OS. The Kier molecular flexibility index (Phi) is 5.81. The molecule has 20 heavy (non-hydrogen) atoms. The normalized spacial score (nSPS) is 15.1. The molecule has 0 amide bonds. The van der Waals surface area contributed by atoms with Gasteiger partial charge in [-0.1, -0.05) is 13.8 Å². The molecule has 1 fully saturated rings. The Bertz CT molecular complexity index is 415. The number of aromatic nitrogens is 1. The van der Waals surface area contributed by atoms with E-state index in [1.807, 2.05) is 11.3 Å². The summed E-state index contributed by atoms with van der Waals surface area (Å²) in [6, 6.07) is 0.750. The number of rotatable bonds is 9. The number of ether oxygens (including phenoxy) is 1. The lowest BCUT2D eigenvalue weighted by atomic mass is 10.1. The molecule has 4 nitrogen and oxygen atoms in total. The van der Waals surface area contributed by atoms with Gasteiger partial charge in [-0.25, -0.2) is 4.98 Å². The van der Waals surface area contributed by atoms with Gasteiger partial charge < -0.3 is 15.0 Å². The second-order valence-electron chi connectivity index (χ2n) is 5.88. The average molecular weight is 297 g/mol. The minimum Gasteiger partial charge on any atom is -0.385 e. The van der Waals surface area contributed by atoms with Crippen molar-refractivity contribution in [3.63, 3.8) is 0 Å². The van der Waals surface area contributed by atoms with Crippen molar-refractivity contribution in [1.82, 2.24) is 10.3 Å². The summed E-state index contributed by atoms with van der Waals surface area (Å²) in [7, 11) is 3.87. The van der Waals surface area contributed by atoms with Crippen molar-refractivity contribution in [3.8, 4) is 0 Å². The number of nitrogens with one attached hydrogen (secondary N) is 1. The van der Waals surface area contributed by atoms with Gasteiger partial charge in [0.1, 0.15) is 0 Å². The molecule has 1 aromatic heterocycles. The third kappa shape index (κ3) is 4.43. The van der Waals surface area contributed by atoms with Crippen molar-refractivity contribution in [2.45, 2.75) is 51.6 Å². The number of thiazole rings is 1. The number of methoxy groups -OCH3 is 1. The van der Waals surface area contributed by atoms with Crippen LogP contribution >= 0.6 is 11.3 Å². The topological polar surface area (TPSA) is 37.4 Å². The predicted octanol–water partition coefficient (Wildman–Crippen LogP) is 2.99. The second kappa shape index (κ2) is 7.38. The van der Waals surface area contributed by atoms with Gasteiger partial charge in [0.25, 0.3) is 0 Å². The van der Waals surface area contributed by atoms with E-state index >= 15 is 0 Å². The van der Waals surface area contributed by atoms with E-state index in [-0.39, 0.29) is 0 Å². The average Bonchev–Trinajstić information content (AvgIpc) is 3.14. The van der Waals surface area contributed by atoms with E-state index in [2.05, 4.69) is 31.1 Å². The highest BCUT2D eigenvalue weighted by molar-refractivity contribution is 7.15. The van der Waals surface area contributed by atoms with Crippen molar-refractivity contribution in [2.75, 3.05) is 32.2 Å². The highest BCUT2D eigenvalue weighted by Gasteiger charge is 2.22. The van der Waals surface area contributed by atoms with Crippen LogP contribution in [0.3, 0.4) is 0 Å². The Morgan fingerprint density at radius 1 is 1.45 bits per heavy atom. The largest absolute Gasteiger partial charge is 0.385 e. The smallest absolute Gasteiger partial charge is 0.185 e. The molecule has 1 aliphatic carbocycles. The van der Waals surface area contributed by atoms with Gasteiger partial charge in [0.15, 0.2) is 5.13 Å². The number of anilines is 1. The van der Waals surface area contributed by atoms with Gasteiger partial charge in [0, 0.05) is 44.8 Å². The maximum atomic E-state index is 5.11. The molecule has 0 atom stereocenters. The minimum atomic E-state index is 0.489. The fourth-order valence-electron chi connectivity index (χ4n) is 2.16. The zero-order valence-electron chi connectivity index (χ0n) is 13.1. The van der Waals surface area contributed by atoms with Gasteiger partial charge >= 0.3 is 0 Å². The lowest BCUT2D eigenvalue weighted by Crippen LogP contribution is -2.19. The third-order valence-corrected chi connectivity index (χ3v) is 4.75. The first-order valence-electron chi connectivity index (χ1n) is 7.55. The quantitative estimate of drug-likeness (QED) is 0.711. The van der Waals surface area contributed by atoms with Crippen LogP contribution in [0.1, 0.15) is 49.6 Å². The maximum absolute atomic E-state index is 5.11. The van der Waals surface area contributed by atoms with Crippen molar-refractivity contribution in [1.29, 1.82) is 0 Å². The molecule has 0 radical (unpaired) electrons. The minimum absolute atomic E-state index is 0.489. The zero-order valence-corrected chi connectivity index (χ0v) is 13.9. The highest BCUT2D eigenvalue weighted by atomic mass is 32.1. The van der Waals surface area contributed by atoms with E-state index in [9.17, 15) is 0 Å². The molecule has 2 rings (SSSR count). The number of hydrogen-bond donors (Lipinski definition) is 1. The second-order valence-corrected chi connectivity index (χ2v) is 6.94. The van der Waals surface area contributed by atoms with Crippen LogP contribution in [0.2, 0.25) is 0 Å². The van der Waals surface area contributed by atoms with Crippen LogP contribution in [0, 0.1) is 0 Å². The van der Waals surface area contributed by atoms with Gasteiger partial charge in [-0.05, 0) is 25.2 Å². The first kappa shape index (κ1) is 15.7. The van der Waals surface area contributed by atoms with Crippen LogP contribution in [0.15, 0.2) is 0 Å². The molecule has 1 saturated carbocycles. The summed E-state index contributed by atoms with van der Waals surface area (Å²) in [6.45, 7) is 7.23. The molecule has 0 aliphatic heterocycles. The lowest BCUT2D eigenvalue weighted by Gasteiger charge is -2.15. The summed E-state index contributed by atoms with van der Waals surface area (Å²) in [5, 5.41) is 4.74. The summed E-state index contributed by atoms with van der Waals surface area (Å²) in [5.41, 5.74) is 1.26. The molecule has 0 aromatic carbocycles. The zero-order chi connectivity index (χ0) is 14.5. The maximum Gasteiger partial charge on any atom is 0.185 e. The molecule has 5 heteroatoms. The van der Waals surface area contributed by atoms with E-state index in [1.54, 1.807) is 7.11 Å². The molecule has 1 heterocycles. The third-order valence-electron chi connectivity index (χ3n) is 3.56. The molecule has 1 aromatic rings. The Morgan fingerprint density at radius 2 is 2.20 bits per heavy atom. The van der Waals surface area contributed by atoms with E-state index in [0.29, 0.717) is 5.92 Å². The SMILES string of the molecule is COCCCN(C)c1nc(C(C)C)c(CNC2CC2)s1. The van der Waals surface area contributed by atoms with Crippen molar-refractivity contribution >= 4 is 16.5 Å². The molecule has 0 saturated heterocycles. The first-order chi connectivity index (χ1) is 9.61. The van der Waals surface area contributed by atoms with E-state index in [1.165, 1.54) is 23.4 Å².